The number of amides is 1. The smallest absolute Gasteiger partial charge is 0.354 e. The minimum atomic E-state index is -1.10. The van der Waals surface area contributed by atoms with Gasteiger partial charge in [0.1, 0.15) is 5.69 Å². The minimum absolute atomic E-state index is 0.0658. The minimum Gasteiger partial charge on any atom is -0.477 e. The van der Waals surface area contributed by atoms with Gasteiger partial charge in [0, 0.05) is 26.5 Å². The number of hydrogen-bond acceptors (Lipinski definition) is 4. The van der Waals surface area contributed by atoms with E-state index in [9.17, 15) is 9.59 Å². The van der Waals surface area contributed by atoms with Gasteiger partial charge >= 0.3 is 5.97 Å². The second kappa shape index (κ2) is 7.35. The van der Waals surface area contributed by atoms with E-state index in [1.807, 2.05) is 0 Å². The number of nitrogens with zero attached hydrogens (tertiary/aromatic N) is 1. The molecule has 1 saturated carbocycles. The van der Waals surface area contributed by atoms with Crippen molar-refractivity contribution >= 4 is 11.9 Å². The van der Waals surface area contributed by atoms with E-state index >= 15 is 0 Å². The molecule has 1 aromatic rings. The molecule has 1 aliphatic rings. The fraction of sp³-hybridized carbons (Fsp3) is 0.562. The molecule has 1 heterocycles. The van der Waals surface area contributed by atoms with Crippen molar-refractivity contribution in [2.45, 2.75) is 32.1 Å². The van der Waals surface area contributed by atoms with Crippen molar-refractivity contribution in [3.05, 3.63) is 29.6 Å². The number of carboxylic acid groups (broad SMARTS) is 1. The van der Waals surface area contributed by atoms with Gasteiger partial charge in [-0.15, -0.1) is 0 Å². The first-order chi connectivity index (χ1) is 10.6. The summed E-state index contributed by atoms with van der Waals surface area (Å²) in [5, 5.41) is 11.8. The number of nitrogens with one attached hydrogen (secondary N) is 1. The Hall–Kier alpha value is -1.95. The van der Waals surface area contributed by atoms with Gasteiger partial charge in [-0.2, -0.15) is 0 Å². The van der Waals surface area contributed by atoms with Gasteiger partial charge in [0.25, 0.3) is 5.91 Å². The highest BCUT2D eigenvalue weighted by Gasteiger charge is 2.33. The van der Waals surface area contributed by atoms with Gasteiger partial charge in [-0.05, 0) is 36.8 Å². The zero-order valence-electron chi connectivity index (χ0n) is 12.8. The van der Waals surface area contributed by atoms with E-state index in [1.54, 1.807) is 7.11 Å². The summed E-state index contributed by atoms with van der Waals surface area (Å²) in [5.74, 6) is -1.32. The first-order valence-corrected chi connectivity index (χ1v) is 7.53. The van der Waals surface area contributed by atoms with E-state index in [4.69, 9.17) is 9.84 Å². The lowest BCUT2D eigenvalue weighted by molar-refractivity contribution is 0.0689. The lowest BCUT2D eigenvalue weighted by Crippen LogP contribution is -2.36. The van der Waals surface area contributed by atoms with Crippen LogP contribution >= 0.6 is 0 Å². The molecule has 1 aliphatic carbocycles. The summed E-state index contributed by atoms with van der Waals surface area (Å²) >= 11 is 0. The average Bonchev–Trinajstić information content (AvgIpc) is 3.00. The second-order valence-corrected chi connectivity index (χ2v) is 5.87. The number of methoxy groups -OCH3 is 1. The van der Waals surface area contributed by atoms with Crippen LogP contribution in [0.25, 0.3) is 0 Å². The van der Waals surface area contributed by atoms with Gasteiger partial charge in [0.2, 0.25) is 0 Å². The van der Waals surface area contributed by atoms with Crippen molar-refractivity contribution in [3.8, 4) is 0 Å². The monoisotopic (exact) mass is 306 g/mol. The predicted octanol–water partition coefficient (Wildman–Crippen LogP) is 2.11. The van der Waals surface area contributed by atoms with E-state index in [2.05, 4.69) is 10.3 Å². The van der Waals surface area contributed by atoms with Crippen LogP contribution in [-0.2, 0) is 4.74 Å². The zero-order chi connectivity index (χ0) is 16.0. The summed E-state index contributed by atoms with van der Waals surface area (Å²) < 4.78 is 5.18. The van der Waals surface area contributed by atoms with Crippen molar-refractivity contribution < 1.29 is 19.4 Å². The molecule has 0 spiro atoms. The SMILES string of the molecule is COCCC1(CNC(=O)c2ccc(C(=O)O)nc2)CCCC1. The normalized spacial score (nSPS) is 16.4. The van der Waals surface area contributed by atoms with Crippen LogP contribution in [-0.4, -0.2) is 42.2 Å². The van der Waals surface area contributed by atoms with Gasteiger partial charge < -0.3 is 15.2 Å². The first-order valence-electron chi connectivity index (χ1n) is 7.53. The predicted molar refractivity (Wildman–Crippen MR) is 80.9 cm³/mol. The third-order valence-electron chi connectivity index (χ3n) is 4.37. The van der Waals surface area contributed by atoms with Crippen LogP contribution in [0, 0.1) is 5.41 Å². The third-order valence-corrected chi connectivity index (χ3v) is 4.37. The van der Waals surface area contributed by atoms with Crippen LogP contribution in [0.3, 0.4) is 0 Å². The van der Waals surface area contributed by atoms with E-state index in [-0.39, 0.29) is 17.0 Å². The fourth-order valence-electron chi connectivity index (χ4n) is 2.98. The quantitative estimate of drug-likeness (QED) is 0.805. The molecule has 0 atom stereocenters. The van der Waals surface area contributed by atoms with Gasteiger partial charge in [0.05, 0.1) is 5.56 Å². The molecule has 1 amide bonds. The number of rotatable bonds is 7. The van der Waals surface area contributed by atoms with Crippen molar-refractivity contribution in [3.63, 3.8) is 0 Å². The van der Waals surface area contributed by atoms with Crippen LogP contribution in [0.4, 0.5) is 0 Å². The molecule has 22 heavy (non-hydrogen) atoms. The van der Waals surface area contributed by atoms with E-state index in [0.717, 1.165) is 19.3 Å². The molecular weight excluding hydrogens is 284 g/mol. The zero-order valence-corrected chi connectivity index (χ0v) is 12.8. The topological polar surface area (TPSA) is 88.5 Å². The number of hydrogen-bond donors (Lipinski definition) is 2. The number of pyridine rings is 1. The van der Waals surface area contributed by atoms with Crippen LogP contribution in [0.2, 0.25) is 0 Å². The molecule has 0 bridgehead atoms. The first kappa shape index (κ1) is 16.4. The average molecular weight is 306 g/mol. The van der Waals surface area contributed by atoms with Crippen LogP contribution in [0.15, 0.2) is 18.3 Å². The molecule has 6 nitrogen and oxygen atoms in total. The number of aromatic carboxylic acids is 1. The molecule has 6 heteroatoms. The number of ether oxygens (including phenoxy) is 1. The molecule has 2 rings (SSSR count). The number of carbonyl (C=O) groups is 2. The Morgan fingerprint density at radius 2 is 2.09 bits per heavy atom. The Balaban J connectivity index is 1.94. The Labute approximate surface area is 129 Å². The maximum atomic E-state index is 12.2. The van der Waals surface area contributed by atoms with Crippen molar-refractivity contribution in [2.24, 2.45) is 5.41 Å². The maximum Gasteiger partial charge on any atom is 0.354 e. The van der Waals surface area contributed by atoms with E-state index < -0.39 is 5.97 Å². The van der Waals surface area contributed by atoms with Crippen molar-refractivity contribution in [2.75, 3.05) is 20.3 Å². The highest BCUT2D eigenvalue weighted by atomic mass is 16.5. The standard InChI is InChI=1S/C16H22N2O4/c1-22-9-8-16(6-2-3-7-16)11-18-14(19)12-4-5-13(15(20)21)17-10-12/h4-5,10H,2-3,6-9,11H2,1H3,(H,18,19)(H,20,21). The van der Waals surface area contributed by atoms with Crippen molar-refractivity contribution in [1.29, 1.82) is 0 Å². The third kappa shape index (κ3) is 4.04. The van der Waals surface area contributed by atoms with Crippen LogP contribution < -0.4 is 5.32 Å². The molecule has 2 N–H and O–H groups in total. The molecule has 0 aromatic carbocycles. The van der Waals surface area contributed by atoms with E-state index in [0.29, 0.717) is 18.7 Å². The molecule has 120 valence electrons. The number of carbonyl (C=O) groups excluding carboxylic acids is 1. The summed E-state index contributed by atoms with van der Waals surface area (Å²) in [6.45, 7) is 1.32. The lowest BCUT2D eigenvalue weighted by atomic mass is 9.83. The molecular formula is C16H22N2O4. The van der Waals surface area contributed by atoms with Gasteiger partial charge in [-0.3, -0.25) is 4.79 Å². The summed E-state index contributed by atoms with van der Waals surface area (Å²) in [6.07, 6.45) is 6.83. The van der Waals surface area contributed by atoms with Gasteiger partial charge in [0.15, 0.2) is 0 Å². The number of aromatic nitrogens is 1. The lowest BCUT2D eigenvalue weighted by Gasteiger charge is -2.29. The highest BCUT2D eigenvalue weighted by Crippen LogP contribution is 2.40. The van der Waals surface area contributed by atoms with Gasteiger partial charge in [-0.1, -0.05) is 12.8 Å². The Kier molecular flexibility index (Phi) is 5.49. The molecule has 1 fully saturated rings. The molecule has 1 aromatic heterocycles. The van der Waals surface area contributed by atoms with Crippen LogP contribution in [0.5, 0.6) is 0 Å². The molecule has 0 unspecified atom stereocenters. The maximum absolute atomic E-state index is 12.2. The Bertz CT molecular complexity index is 521. The largest absolute Gasteiger partial charge is 0.477 e. The number of carboxylic acids is 1. The van der Waals surface area contributed by atoms with Crippen LogP contribution in [0.1, 0.15) is 53.0 Å². The summed E-state index contributed by atoms with van der Waals surface area (Å²) in [4.78, 5) is 26.7. The molecule has 0 radical (unpaired) electrons. The summed E-state index contributed by atoms with van der Waals surface area (Å²) in [5.41, 5.74) is 0.439. The van der Waals surface area contributed by atoms with E-state index in [1.165, 1.54) is 31.2 Å². The van der Waals surface area contributed by atoms with Gasteiger partial charge in [-0.25, -0.2) is 9.78 Å². The fourth-order valence-corrected chi connectivity index (χ4v) is 2.98. The summed E-state index contributed by atoms with van der Waals surface area (Å²) in [6, 6.07) is 2.83. The molecule has 0 aliphatic heterocycles. The Morgan fingerprint density at radius 3 is 2.64 bits per heavy atom. The Morgan fingerprint density at radius 1 is 1.36 bits per heavy atom. The van der Waals surface area contributed by atoms with Crippen molar-refractivity contribution in [1.82, 2.24) is 10.3 Å². The molecule has 0 saturated heterocycles. The second-order valence-electron chi connectivity index (χ2n) is 5.87. The highest BCUT2D eigenvalue weighted by molar-refractivity contribution is 5.94. The summed E-state index contributed by atoms with van der Waals surface area (Å²) in [7, 11) is 1.69.